The lowest BCUT2D eigenvalue weighted by molar-refractivity contribution is 0.624. The van der Waals surface area contributed by atoms with Crippen LogP contribution in [0.5, 0.6) is 0 Å². The van der Waals surface area contributed by atoms with Gasteiger partial charge in [-0.25, -0.2) is 14.4 Å². The summed E-state index contributed by atoms with van der Waals surface area (Å²) in [4.78, 5) is 8.50. The molecule has 0 amide bonds. The zero-order valence-corrected chi connectivity index (χ0v) is 11.2. The van der Waals surface area contributed by atoms with E-state index in [1.165, 1.54) is 12.1 Å². The number of nitriles is 1. The van der Waals surface area contributed by atoms with Gasteiger partial charge in [-0.15, -0.1) is 0 Å². The summed E-state index contributed by atoms with van der Waals surface area (Å²) >= 11 is 0. The van der Waals surface area contributed by atoms with E-state index in [-0.39, 0.29) is 5.56 Å². The average Bonchev–Trinajstić information content (AvgIpc) is 2.45. The largest absolute Gasteiger partial charge is 0.383 e. The molecule has 3 N–H and O–H groups in total. The summed E-state index contributed by atoms with van der Waals surface area (Å²) in [6.45, 7) is 3.73. The quantitative estimate of drug-likeness (QED) is 0.896. The first-order valence-electron chi connectivity index (χ1n) is 6.14. The molecule has 1 heterocycles. The molecule has 102 valence electrons. The van der Waals surface area contributed by atoms with Crippen molar-refractivity contribution in [1.29, 1.82) is 5.26 Å². The lowest BCUT2D eigenvalue weighted by atomic mass is 10.2. The molecule has 0 spiro atoms. The second-order valence-electron chi connectivity index (χ2n) is 4.28. The fourth-order valence-electron chi connectivity index (χ4n) is 1.69. The number of nitrogens with two attached hydrogens (primary N) is 1. The highest BCUT2D eigenvalue weighted by atomic mass is 19.1. The maximum atomic E-state index is 13.3. The molecule has 0 saturated carbocycles. The van der Waals surface area contributed by atoms with Crippen LogP contribution in [-0.2, 0) is 6.42 Å². The first-order valence-corrected chi connectivity index (χ1v) is 6.14. The molecule has 0 bridgehead atoms. The molecular formula is C14H14FN5. The molecule has 0 saturated heterocycles. The lowest BCUT2D eigenvalue weighted by Gasteiger charge is -2.11. The van der Waals surface area contributed by atoms with Crippen molar-refractivity contribution in [3.63, 3.8) is 0 Å². The van der Waals surface area contributed by atoms with Crippen molar-refractivity contribution in [2.75, 3.05) is 11.1 Å². The van der Waals surface area contributed by atoms with Crippen molar-refractivity contribution in [2.45, 2.75) is 20.3 Å². The minimum Gasteiger partial charge on any atom is -0.383 e. The molecule has 0 aliphatic heterocycles. The van der Waals surface area contributed by atoms with Crippen LogP contribution in [0.4, 0.5) is 21.7 Å². The normalized spacial score (nSPS) is 10.1. The van der Waals surface area contributed by atoms with Gasteiger partial charge in [0.25, 0.3) is 0 Å². The zero-order valence-electron chi connectivity index (χ0n) is 11.2. The zero-order chi connectivity index (χ0) is 14.7. The summed E-state index contributed by atoms with van der Waals surface area (Å²) < 4.78 is 13.3. The predicted octanol–water partition coefficient (Wildman–Crippen LogP) is 2.68. The van der Waals surface area contributed by atoms with Gasteiger partial charge >= 0.3 is 0 Å². The topological polar surface area (TPSA) is 87.6 Å². The summed E-state index contributed by atoms with van der Waals surface area (Å²) in [5, 5.41) is 11.9. The van der Waals surface area contributed by atoms with Gasteiger partial charge in [-0.3, -0.25) is 0 Å². The minimum atomic E-state index is -0.550. The molecule has 0 aliphatic carbocycles. The van der Waals surface area contributed by atoms with Crippen molar-refractivity contribution >= 4 is 17.3 Å². The number of anilines is 3. The smallest absolute Gasteiger partial charge is 0.141 e. The molecule has 1 aromatic carbocycles. The summed E-state index contributed by atoms with van der Waals surface area (Å²) in [5.41, 5.74) is 7.09. The van der Waals surface area contributed by atoms with E-state index < -0.39 is 5.82 Å². The second kappa shape index (κ2) is 5.53. The van der Waals surface area contributed by atoms with Crippen LogP contribution < -0.4 is 11.1 Å². The van der Waals surface area contributed by atoms with Gasteiger partial charge in [-0.1, -0.05) is 6.92 Å². The summed E-state index contributed by atoms with van der Waals surface area (Å²) in [6.07, 6.45) is 0.659. The van der Waals surface area contributed by atoms with E-state index in [9.17, 15) is 4.39 Å². The molecule has 2 aromatic rings. The van der Waals surface area contributed by atoms with Crippen molar-refractivity contribution in [2.24, 2.45) is 0 Å². The number of aryl methyl sites for hydroxylation is 1. The highest BCUT2D eigenvalue weighted by molar-refractivity contribution is 5.64. The summed E-state index contributed by atoms with van der Waals surface area (Å²) in [5.74, 6) is 1.04. The molecule has 0 fully saturated rings. The summed E-state index contributed by atoms with van der Waals surface area (Å²) in [6, 6.07) is 6.01. The monoisotopic (exact) mass is 271 g/mol. The molecule has 6 heteroatoms. The molecule has 5 nitrogen and oxygen atoms in total. The maximum absolute atomic E-state index is 13.3. The van der Waals surface area contributed by atoms with Crippen LogP contribution in [0.1, 0.15) is 23.9 Å². The summed E-state index contributed by atoms with van der Waals surface area (Å²) in [7, 11) is 0. The molecule has 0 aliphatic rings. The van der Waals surface area contributed by atoms with E-state index in [1.807, 2.05) is 6.92 Å². The molecule has 20 heavy (non-hydrogen) atoms. The maximum Gasteiger partial charge on any atom is 0.141 e. The van der Waals surface area contributed by atoms with Crippen molar-refractivity contribution < 1.29 is 4.39 Å². The molecule has 2 rings (SSSR count). The fraction of sp³-hybridized carbons (Fsp3) is 0.214. The molecule has 0 radical (unpaired) electrons. The number of nitrogens with zero attached hydrogens (tertiary/aromatic N) is 3. The van der Waals surface area contributed by atoms with E-state index >= 15 is 0 Å². The first-order chi connectivity index (χ1) is 9.55. The molecule has 1 aromatic heterocycles. The van der Waals surface area contributed by atoms with E-state index in [4.69, 9.17) is 11.0 Å². The van der Waals surface area contributed by atoms with Crippen molar-refractivity contribution in [3.8, 4) is 6.07 Å². The van der Waals surface area contributed by atoms with E-state index in [0.717, 1.165) is 0 Å². The number of halogens is 1. The van der Waals surface area contributed by atoms with Crippen LogP contribution in [-0.4, -0.2) is 9.97 Å². The Balaban J connectivity index is 2.40. The second-order valence-corrected chi connectivity index (χ2v) is 4.28. The first kappa shape index (κ1) is 13.7. The third kappa shape index (κ3) is 2.67. The molecule has 0 unspecified atom stereocenters. The van der Waals surface area contributed by atoms with E-state index in [2.05, 4.69) is 15.3 Å². The van der Waals surface area contributed by atoms with Crippen molar-refractivity contribution in [3.05, 3.63) is 41.0 Å². The van der Waals surface area contributed by atoms with Crippen LogP contribution in [0.2, 0.25) is 0 Å². The highest BCUT2D eigenvalue weighted by Crippen LogP contribution is 2.23. The van der Waals surface area contributed by atoms with Gasteiger partial charge in [0.05, 0.1) is 5.56 Å². The van der Waals surface area contributed by atoms with Gasteiger partial charge in [-0.05, 0) is 25.1 Å². The number of hydrogen-bond donors (Lipinski definition) is 2. The Morgan fingerprint density at radius 1 is 1.40 bits per heavy atom. The van der Waals surface area contributed by atoms with Crippen molar-refractivity contribution in [1.82, 2.24) is 9.97 Å². The number of aromatic nitrogens is 2. The van der Waals surface area contributed by atoms with Gasteiger partial charge < -0.3 is 11.1 Å². The third-order valence-electron chi connectivity index (χ3n) is 2.90. The van der Waals surface area contributed by atoms with Gasteiger partial charge in [0.2, 0.25) is 0 Å². The van der Waals surface area contributed by atoms with E-state index in [0.29, 0.717) is 35.1 Å². The Morgan fingerprint density at radius 2 is 2.15 bits per heavy atom. The van der Waals surface area contributed by atoms with Crippen LogP contribution >= 0.6 is 0 Å². The van der Waals surface area contributed by atoms with Crippen LogP contribution in [0.3, 0.4) is 0 Å². The fourth-order valence-corrected chi connectivity index (χ4v) is 1.69. The van der Waals surface area contributed by atoms with E-state index in [1.54, 1.807) is 19.1 Å². The number of hydrogen-bond acceptors (Lipinski definition) is 5. The standard InChI is InChI=1S/C14H14FN5/c1-3-12-19-13(17)8(2)14(20-12)18-10-4-5-11(15)9(6-10)7-16/h4-6H,3H2,1-2H3,(H3,17,18,19,20). The van der Waals surface area contributed by atoms with Gasteiger partial charge in [0.15, 0.2) is 0 Å². The van der Waals surface area contributed by atoms with Gasteiger partial charge in [0.1, 0.15) is 29.3 Å². The molecule has 0 atom stereocenters. The number of nitrogens with one attached hydrogen (secondary N) is 1. The molecular weight excluding hydrogens is 257 g/mol. The number of rotatable bonds is 3. The Labute approximate surface area is 116 Å². The van der Waals surface area contributed by atoms with Crippen LogP contribution in [0.15, 0.2) is 18.2 Å². The Morgan fingerprint density at radius 3 is 2.80 bits per heavy atom. The Kier molecular flexibility index (Phi) is 3.80. The minimum absolute atomic E-state index is 0.0228. The van der Waals surface area contributed by atoms with Gasteiger partial charge in [0, 0.05) is 17.7 Å². The Hall–Kier alpha value is -2.68. The van der Waals surface area contributed by atoms with Gasteiger partial charge in [-0.2, -0.15) is 5.26 Å². The lowest BCUT2D eigenvalue weighted by Crippen LogP contribution is -2.06. The SMILES string of the molecule is CCc1nc(N)c(C)c(Nc2ccc(F)c(C#N)c2)n1. The number of nitrogen functional groups attached to an aromatic ring is 1. The van der Waals surface area contributed by atoms with Crippen LogP contribution in [0.25, 0.3) is 0 Å². The highest BCUT2D eigenvalue weighted by Gasteiger charge is 2.09. The third-order valence-corrected chi connectivity index (χ3v) is 2.90. The predicted molar refractivity (Wildman–Crippen MR) is 75.0 cm³/mol. The Bertz CT molecular complexity index is 691. The van der Waals surface area contributed by atoms with Crippen LogP contribution in [0, 0.1) is 24.1 Å². The number of benzene rings is 1. The average molecular weight is 271 g/mol.